The highest BCUT2D eigenvalue weighted by Crippen LogP contribution is 2.32. The summed E-state index contributed by atoms with van der Waals surface area (Å²) in [6.07, 6.45) is 5.56. The Balaban J connectivity index is 1.32. The van der Waals surface area contributed by atoms with Crippen LogP contribution in [0.2, 0.25) is 0 Å². The van der Waals surface area contributed by atoms with E-state index in [0.29, 0.717) is 23.9 Å². The number of benzene rings is 1. The molecule has 1 aliphatic heterocycles. The van der Waals surface area contributed by atoms with Gasteiger partial charge in [-0.1, -0.05) is 12.1 Å². The molecule has 2 aliphatic rings. The molecule has 1 N–H and O–H groups in total. The van der Waals surface area contributed by atoms with Crippen molar-refractivity contribution in [2.75, 3.05) is 6.61 Å². The average molecular weight is 327 g/mol. The third kappa shape index (κ3) is 3.31. The predicted octanol–water partition coefficient (Wildman–Crippen LogP) is 3.37. The van der Waals surface area contributed by atoms with E-state index < -0.39 is 0 Å². The summed E-state index contributed by atoms with van der Waals surface area (Å²) in [5.41, 5.74) is 2.70. The zero-order valence-electron chi connectivity index (χ0n) is 14.4. The number of ether oxygens (including phenoxy) is 1. The first-order chi connectivity index (χ1) is 11.7. The minimum absolute atomic E-state index is 0.366. The van der Waals surface area contributed by atoms with Gasteiger partial charge >= 0.3 is 0 Å². The smallest absolute Gasteiger partial charge is 0.216 e. The van der Waals surface area contributed by atoms with E-state index in [0.717, 1.165) is 31.1 Å². The number of fused-ring (bicyclic) bond motifs is 1. The quantitative estimate of drug-likeness (QED) is 0.912. The first kappa shape index (κ1) is 15.6. The third-order valence-corrected chi connectivity index (χ3v) is 5.27. The van der Waals surface area contributed by atoms with E-state index in [1.165, 1.54) is 30.4 Å². The van der Waals surface area contributed by atoms with Crippen LogP contribution in [0, 0.1) is 12.8 Å². The molecule has 128 valence electrons. The van der Waals surface area contributed by atoms with Crippen molar-refractivity contribution in [1.82, 2.24) is 15.5 Å². The fraction of sp³-hybridized carbons (Fsp3) is 0.579. The largest absolute Gasteiger partial charge is 0.493 e. The summed E-state index contributed by atoms with van der Waals surface area (Å²) >= 11 is 0. The monoisotopic (exact) mass is 327 g/mol. The van der Waals surface area contributed by atoms with Crippen LogP contribution in [-0.4, -0.2) is 22.8 Å². The Hall–Kier alpha value is -1.88. The van der Waals surface area contributed by atoms with Gasteiger partial charge in [-0.05, 0) is 49.3 Å². The second-order valence-electron chi connectivity index (χ2n) is 7.15. The van der Waals surface area contributed by atoms with Gasteiger partial charge < -0.3 is 14.5 Å². The van der Waals surface area contributed by atoms with Crippen LogP contribution in [0.25, 0.3) is 0 Å². The maximum atomic E-state index is 5.60. The van der Waals surface area contributed by atoms with E-state index in [9.17, 15) is 0 Å². The third-order valence-electron chi connectivity index (χ3n) is 5.27. The summed E-state index contributed by atoms with van der Waals surface area (Å²) in [4.78, 5) is 0. The molecular weight excluding hydrogens is 302 g/mol. The van der Waals surface area contributed by atoms with Crippen molar-refractivity contribution in [3.8, 4) is 5.75 Å². The van der Waals surface area contributed by atoms with Gasteiger partial charge in [-0.15, -0.1) is 10.2 Å². The van der Waals surface area contributed by atoms with E-state index in [4.69, 9.17) is 9.15 Å². The average Bonchev–Trinajstić information content (AvgIpc) is 3.28. The highest BCUT2D eigenvalue weighted by Gasteiger charge is 2.27. The summed E-state index contributed by atoms with van der Waals surface area (Å²) in [6, 6.07) is 7.54. The van der Waals surface area contributed by atoms with Gasteiger partial charge in [0.25, 0.3) is 0 Å². The van der Waals surface area contributed by atoms with Gasteiger partial charge in [0, 0.05) is 31.8 Å². The van der Waals surface area contributed by atoms with Crippen molar-refractivity contribution >= 4 is 0 Å². The Morgan fingerprint density at radius 3 is 3.04 bits per heavy atom. The Kier molecular flexibility index (Phi) is 4.27. The lowest BCUT2D eigenvalue weighted by molar-refractivity contribution is 0.356. The number of hydrogen-bond acceptors (Lipinski definition) is 5. The Labute approximate surface area is 142 Å². The minimum Gasteiger partial charge on any atom is -0.493 e. The summed E-state index contributed by atoms with van der Waals surface area (Å²) in [6.45, 7) is 4.92. The lowest BCUT2D eigenvalue weighted by Crippen LogP contribution is -2.29. The van der Waals surface area contributed by atoms with Crippen LogP contribution in [0.5, 0.6) is 5.75 Å². The van der Waals surface area contributed by atoms with Crippen LogP contribution in [0.1, 0.15) is 55.1 Å². The second-order valence-corrected chi connectivity index (χ2v) is 7.15. The zero-order chi connectivity index (χ0) is 16.5. The van der Waals surface area contributed by atoms with Crippen molar-refractivity contribution in [3.05, 3.63) is 41.1 Å². The normalized spacial score (nSPS) is 23.9. The van der Waals surface area contributed by atoms with Gasteiger partial charge in [-0.25, -0.2) is 0 Å². The molecule has 4 rings (SSSR count). The molecule has 2 aromatic rings. The number of aromatic nitrogens is 2. The Morgan fingerprint density at radius 1 is 1.29 bits per heavy atom. The standard InChI is InChI=1S/C19H25N3O2/c1-12(15-4-6-18-16(11-15)7-8-23-18)20-17-5-3-14(9-17)10-19-22-21-13(2)24-19/h4,6,11-12,14,17,20H,3,5,7-10H2,1-2H3/t12?,14-,17+/m1/s1. The predicted molar refractivity (Wildman–Crippen MR) is 91.1 cm³/mol. The molecule has 1 aromatic carbocycles. The molecule has 0 saturated heterocycles. The van der Waals surface area contributed by atoms with Gasteiger partial charge in [0.1, 0.15) is 5.75 Å². The molecule has 1 saturated carbocycles. The van der Waals surface area contributed by atoms with E-state index >= 15 is 0 Å². The van der Waals surface area contributed by atoms with Crippen LogP contribution >= 0.6 is 0 Å². The van der Waals surface area contributed by atoms with Crippen molar-refractivity contribution in [3.63, 3.8) is 0 Å². The number of nitrogens with zero attached hydrogens (tertiary/aromatic N) is 2. The molecule has 0 spiro atoms. The fourth-order valence-corrected chi connectivity index (χ4v) is 4.00. The molecule has 1 fully saturated rings. The maximum absolute atomic E-state index is 5.60. The molecule has 3 atom stereocenters. The highest BCUT2D eigenvalue weighted by molar-refractivity contribution is 5.40. The van der Waals surface area contributed by atoms with E-state index in [1.54, 1.807) is 0 Å². The van der Waals surface area contributed by atoms with Crippen molar-refractivity contribution in [1.29, 1.82) is 0 Å². The van der Waals surface area contributed by atoms with Crippen LogP contribution < -0.4 is 10.1 Å². The molecule has 5 nitrogen and oxygen atoms in total. The van der Waals surface area contributed by atoms with Gasteiger partial charge in [-0.2, -0.15) is 0 Å². The van der Waals surface area contributed by atoms with E-state index in [1.807, 2.05) is 6.92 Å². The first-order valence-corrected chi connectivity index (χ1v) is 8.98. The molecule has 1 aliphatic carbocycles. The lowest BCUT2D eigenvalue weighted by Gasteiger charge is -2.20. The molecule has 0 radical (unpaired) electrons. The van der Waals surface area contributed by atoms with E-state index in [-0.39, 0.29) is 0 Å². The second kappa shape index (κ2) is 6.55. The number of hydrogen-bond donors (Lipinski definition) is 1. The molecular formula is C19H25N3O2. The number of aryl methyl sites for hydroxylation is 1. The summed E-state index contributed by atoms with van der Waals surface area (Å²) in [5, 5.41) is 11.8. The molecule has 5 heteroatoms. The lowest BCUT2D eigenvalue weighted by atomic mass is 10.0. The summed E-state index contributed by atoms with van der Waals surface area (Å²) in [5.74, 6) is 3.14. The first-order valence-electron chi connectivity index (χ1n) is 8.98. The topological polar surface area (TPSA) is 60.2 Å². The molecule has 1 unspecified atom stereocenters. The number of rotatable bonds is 5. The fourth-order valence-electron chi connectivity index (χ4n) is 4.00. The van der Waals surface area contributed by atoms with Crippen molar-refractivity contribution < 1.29 is 9.15 Å². The Morgan fingerprint density at radius 2 is 2.21 bits per heavy atom. The van der Waals surface area contributed by atoms with Crippen LogP contribution in [0.4, 0.5) is 0 Å². The minimum atomic E-state index is 0.366. The summed E-state index contributed by atoms with van der Waals surface area (Å²) < 4.78 is 11.1. The van der Waals surface area contributed by atoms with Gasteiger partial charge in [0.15, 0.2) is 0 Å². The van der Waals surface area contributed by atoms with Crippen LogP contribution in [-0.2, 0) is 12.8 Å². The van der Waals surface area contributed by atoms with Gasteiger partial charge in [0.05, 0.1) is 6.61 Å². The summed E-state index contributed by atoms with van der Waals surface area (Å²) in [7, 11) is 0. The maximum Gasteiger partial charge on any atom is 0.216 e. The molecule has 1 aromatic heterocycles. The van der Waals surface area contributed by atoms with Gasteiger partial charge in [-0.3, -0.25) is 0 Å². The molecule has 0 bridgehead atoms. The molecule has 24 heavy (non-hydrogen) atoms. The molecule has 2 heterocycles. The number of nitrogens with one attached hydrogen (secondary N) is 1. The van der Waals surface area contributed by atoms with Crippen molar-refractivity contribution in [2.45, 2.75) is 58.0 Å². The Bertz CT molecular complexity index is 712. The van der Waals surface area contributed by atoms with Crippen LogP contribution in [0.3, 0.4) is 0 Å². The SMILES string of the molecule is Cc1nnc(C[C@@H]2CC[C@H](NC(C)c3ccc4c(c3)CCO4)C2)o1. The zero-order valence-corrected chi connectivity index (χ0v) is 14.4. The highest BCUT2D eigenvalue weighted by atomic mass is 16.5. The van der Waals surface area contributed by atoms with Crippen LogP contribution in [0.15, 0.2) is 22.6 Å². The van der Waals surface area contributed by atoms with E-state index in [2.05, 4.69) is 40.6 Å². The van der Waals surface area contributed by atoms with Crippen molar-refractivity contribution in [2.24, 2.45) is 5.92 Å². The molecule has 0 amide bonds. The van der Waals surface area contributed by atoms with Gasteiger partial charge in [0.2, 0.25) is 11.8 Å².